The molecule has 0 unspecified atom stereocenters. The van der Waals surface area contributed by atoms with Gasteiger partial charge >= 0.3 is 0 Å². The molecule has 126 valence electrons. The monoisotopic (exact) mass is 331 g/mol. The molecule has 0 radical (unpaired) electrons. The predicted octanol–water partition coefficient (Wildman–Crippen LogP) is 1.22. The third-order valence-corrected chi connectivity index (χ3v) is 3.90. The molecule has 1 aliphatic heterocycles. The van der Waals surface area contributed by atoms with E-state index in [-0.39, 0.29) is 23.8 Å². The molecule has 1 aromatic carbocycles. The Morgan fingerprint density at radius 3 is 2.58 bits per heavy atom. The molecule has 0 bridgehead atoms. The van der Waals surface area contributed by atoms with E-state index < -0.39 is 0 Å². The lowest BCUT2D eigenvalue weighted by Crippen LogP contribution is -2.43. The Bertz CT molecular complexity index is 796. The minimum absolute atomic E-state index is 0.0984. The molecule has 2 aromatic rings. The van der Waals surface area contributed by atoms with Crippen molar-refractivity contribution in [3.8, 4) is 11.4 Å². The van der Waals surface area contributed by atoms with Gasteiger partial charge < -0.3 is 9.64 Å². The first-order chi connectivity index (χ1) is 11.5. The number of morpholine rings is 1. The Morgan fingerprint density at radius 2 is 1.92 bits per heavy atom. The van der Waals surface area contributed by atoms with Crippen LogP contribution in [0.15, 0.2) is 35.1 Å². The van der Waals surface area contributed by atoms with Crippen LogP contribution in [-0.4, -0.2) is 46.7 Å². The van der Waals surface area contributed by atoms with E-state index >= 15 is 0 Å². The maximum absolute atomic E-state index is 13.2. The summed E-state index contributed by atoms with van der Waals surface area (Å²) in [6.07, 6.45) is 0. The van der Waals surface area contributed by atoms with Gasteiger partial charge in [0.05, 0.1) is 13.2 Å². The molecular weight excluding hydrogens is 313 g/mol. The van der Waals surface area contributed by atoms with Crippen molar-refractivity contribution in [1.29, 1.82) is 0 Å². The summed E-state index contributed by atoms with van der Waals surface area (Å²) in [5.41, 5.74) is 0.838. The van der Waals surface area contributed by atoms with Crippen LogP contribution < -0.4 is 5.56 Å². The highest BCUT2D eigenvalue weighted by Gasteiger charge is 2.20. The van der Waals surface area contributed by atoms with Crippen molar-refractivity contribution in [2.24, 2.45) is 0 Å². The summed E-state index contributed by atoms with van der Waals surface area (Å²) in [7, 11) is 0. The van der Waals surface area contributed by atoms with Crippen LogP contribution in [0.5, 0.6) is 0 Å². The minimum atomic E-state index is -0.371. The van der Waals surface area contributed by atoms with Crippen LogP contribution in [0.3, 0.4) is 0 Å². The van der Waals surface area contributed by atoms with Crippen LogP contribution in [0.4, 0.5) is 4.39 Å². The minimum Gasteiger partial charge on any atom is -0.378 e. The summed E-state index contributed by atoms with van der Waals surface area (Å²) >= 11 is 0. The molecule has 7 heteroatoms. The van der Waals surface area contributed by atoms with Crippen molar-refractivity contribution < 1.29 is 13.9 Å². The molecule has 1 fully saturated rings. The zero-order valence-electron chi connectivity index (χ0n) is 13.4. The zero-order valence-corrected chi connectivity index (χ0v) is 13.4. The number of carbonyl (C=O) groups excluding carboxylic acids is 1. The van der Waals surface area contributed by atoms with Gasteiger partial charge in [0.1, 0.15) is 18.2 Å². The van der Waals surface area contributed by atoms with Crippen LogP contribution >= 0.6 is 0 Å². The van der Waals surface area contributed by atoms with Crippen molar-refractivity contribution in [2.75, 3.05) is 26.3 Å². The molecule has 0 aliphatic carbocycles. The quantitative estimate of drug-likeness (QED) is 0.848. The van der Waals surface area contributed by atoms with E-state index in [2.05, 4.69) is 4.98 Å². The molecule has 3 rings (SSSR count). The number of aromatic nitrogens is 2. The van der Waals surface area contributed by atoms with Crippen LogP contribution in [-0.2, 0) is 16.1 Å². The van der Waals surface area contributed by atoms with Gasteiger partial charge in [-0.2, -0.15) is 0 Å². The second kappa shape index (κ2) is 6.92. The summed E-state index contributed by atoms with van der Waals surface area (Å²) in [5.74, 6) is -0.166. The molecule has 1 saturated heterocycles. The number of ether oxygens (including phenoxy) is 1. The summed E-state index contributed by atoms with van der Waals surface area (Å²) < 4.78 is 19.7. The van der Waals surface area contributed by atoms with Crippen LogP contribution in [0, 0.1) is 12.7 Å². The molecular formula is C17H18FN3O3. The number of amides is 1. The van der Waals surface area contributed by atoms with E-state index in [1.54, 1.807) is 24.0 Å². The lowest BCUT2D eigenvalue weighted by molar-refractivity contribution is -0.135. The molecule has 24 heavy (non-hydrogen) atoms. The first kappa shape index (κ1) is 16.3. The average molecular weight is 331 g/mol. The van der Waals surface area contributed by atoms with Gasteiger partial charge in [0.25, 0.3) is 5.56 Å². The Morgan fingerprint density at radius 1 is 1.25 bits per heavy atom. The molecule has 0 spiro atoms. The average Bonchev–Trinajstić information content (AvgIpc) is 2.58. The van der Waals surface area contributed by atoms with Gasteiger partial charge in [-0.25, -0.2) is 9.37 Å². The number of aryl methyl sites for hydroxylation is 1. The highest BCUT2D eigenvalue weighted by atomic mass is 19.1. The third-order valence-electron chi connectivity index (χ3n) is 3.90. The first-order valence-corrected chi connectivity index (χ1v) is 7.74. The van der Waals surface area contributed by atoms with Gasteiger partial charge in [0, 0.05) is 30.4 Å². The Balaban J connectivity index is 1.95. The largest absolute Gasteiger partial charge is 0.378 e. The Hall–Kier alpha value is -2.54. The third kappa shape index (κ3) is 3.51. The molecule has 0 saturated carbocycles. The lowest BCUT2D eigenvalue weighted by atomic mass is 10.2. The summed E-state index contributed by atoms with van der Waals surface area (Å²) in [6, 6.07) is 7.09. The predicted molar refractivity (Wildman–Crippen MR) is 86.0 cm³/mol. The molecule has 6 nitrogen and oxygen atoms in total. The Kier molecular flexibility index (Phi) is 4.71. The van der Waals surface area contributed by atoms with Gasteiger partial charge in [-0.15, -0.1) is 0 Å². The molecule has 1 aromatic heterocycles. The number of hydrogen-bond acceptors (Lipinski definition) is 4. The van der Waals surface area contributed by atoms with Gasteiger partial charge in [-0.3, -0.25) is 14.2 Å². The molecule has 0 N–H and O–H groups in total. The van der Waals surface area contributed by atoms with Crippen molar-refractivity contribution in [1.82, 2.24) is 14.5 Å². The maximum atomic E-state index is 13.2. The summed E-state index contributed by atoms with van der Waals surface area (Å²) in [4.78, 5) is 30.9. The SMILES string of the molecule is Cc1cc(=O)n(CC(=O)N2CCOCC2)c(-c2ccc(F)cc2)n1. The van der Waals surface area contributed by atoms with Gasteiger partial charge in [0.2, 0.25) is 5.91 Å². The fourth-order valence-corrected chi connectivity index (χ4v) is 2.64. The van der Waals surface area contributed by atoms with Crippen LogP contribution in [0.1, 0.15) is 5.69 Å². The Labute approximate surface area is 138 Å². The molecule has 0 atom stereocenters. The fraction of sp³-hybridized carbons (Fsp3) is 0.353. The topological polar surface area (TPSA) is 64.4 Å². The smallest absolute Gasteiger partial charge is 0.254 e. The normalized spacial score (nSPS) is 14.7. The number of nitrogens with zero attached hydrogens (tertiary/aromatic N) is 3. The van der Waals surface area contributed by atoms with Gasteiger partial charge in [-0.05, 0) is 31.2 Å². The van der Waals surface area contributed by atoms with Gasteiger partial charge in [0.15, 0.2) is 0 Å². The summed E-state index contributed by atoms with van der Waals surface area (Å²) in [5, 5.41) is 0. The van der Waals surface area contributed by atoms with Crippen LogP contribution in [0.25, 0.3) is 11.4 Å². The van der Waals surface area contributed by atoms with E-state index in [1.165, 1.54) is 22.8 Å². The van der Waals surface area contributed by atoms with E-state index in [0.717, 1.165) is 0 Å². The van der Waals surface area contributed by atoms with Crippen LogP contribution in [0.2, 0.25) is 0 Å². The highest BCUT2D eigenvalue weighted by molar-refractivity contribution is 5.76. The molecule has 1 aliphatic rings. The fourth-order valence-electron chi connectivity index (χ4n) is 2.64. The summed E-state index contributed by atoms with van der Waals surface area (Å²) in [6.45, 7) is 3.63. The van der Waals surface area contributed by atoms with E-state index in [1.807, 2.05) is 0 Å². The molecule has 1 amide bonds. The maximum Gasteiger partial charge on any atom is 0.254 e. The van der Waals surface area contributed by atoms with Crippen molar-refractivity contribution >= 4 is 5.91 Å². The van der Waals surface area contributed by atoms with E-state index in [0.29, 0.717) is 43.4 Å². The lowest BCUT2D eigenvalue weighted by Gasteiger charge is -2.27. The van der Waals surface area contributed by atoms with Crippen molar-refractivity contribution in [3.05, 3.63) is 52.2 Å². The first-order valence-electron chi connectivity index (χ1n) is 7.74. The second-order valence-corrected chi connectivity index (χ2v) is 5.65. The number of rotatable bonds is 3. The number of carbonyl (C=O) groups is 1. The number of benzene rings is 1. The van der Waals surface area contributed by atoms with Crippen molar-refractivity contribution in [2.45, 2.75) is 13.5 Å². The molecule has 2 heterocycles. The van der Waals surface area contributed by atoms with Crippen molar-refractivity contribution in [3.63, 3.8) is 0 Å². The highest BCUT2D eigenvalue weighted by Crippen LogP contribution is 2.17. The van der Waals surface area contributed by atoms with E-state index in [4.69, 9.17) is 4.74 Å². The second-order valence-electron chi connectivity index (χ2n) is 5.65. The number of hydrogen-bond donors (Lipinski definition) is 0. The van der Waals surface area contributed by atoms with Gasteiger partial charge in [-0.1, -0.05) is 0 Å². The zero-order chi connectivity index (χ0) is 17.1. The van der Waals surface area contributed by atoms with E-state index in [9.17, 15) is 14.0 Å². The number of halogens is 1. The standard InChI is InChI=1S/C17H18FN3O3/c1-12-10-15(22)21(11-16(23)20-6-8-24-9-7-20)17(19-12)13-2-4-14(18)5-3-13/h2-5,10H,6-9,11H2,1H3.